The van der Waals surface area contributed by atoms with Gasteiger partial charge in [-0.15, -0.1) is 0 Å². The third kappa shape index (κ3) is 7.09. The first-order chi connectivity index (χ1) is 14.5. The summed E-state index contributed by atoms with van der Waals surface area (Å²) in [7, 11) is 0. The van der Waals surface area contributed by atoms with Crippen LogP contribution in [0.1, 0.15) is 19.4 Å². The molecule has 30 heavy (non-hydrogen) atoms. The van der Waals surface area contributed by atoms with Crippen LogP contribution in [-0.4, -0.2) is 44.2 Å². The zero-order valence-corrected chi connectivity index (χ0v) is 17.1. The molecule has 0 saturated carbocycles. The molecule has 1 amide bonds. The van der Waals surface area contributed by atoms with Crippen LogP contribution in [0.5, 0.6) is 5.75 Å². The second kappa shape index (κ2) is 12.1. The van der Waals surface area contributed by atoms with Crippen molar-refractivity contribution in [3.8, 4) is 5.75 Å². The quantitative estimate of drug-likeness (QED) is 0.441. The number of ether oxygens (including phenoxy) is 3. The zero-order valence-electron chi connectivity index (χ0n) is 17.1. The highest BCUT2D eigenvalue weighted by atomic mass is 16.5. The summed E-state index contributed by atoms with van der Waals surface area (Å²) in [6.07, 6.45) is 2.79. The van der Waals surface area contributed by atoms with Crippen LogP contribution >= 0.6 is 0 Å². The molecule has 2 aromatic rings. The SMILES string of the molecule is CCOC(=O)CN(C(=O)COC(=O)/C=C/c1ccccc1OCC)c1ccccc1. The first kappa shape index (κ1) is 22.7. The van der Waals surface area contributed by atoms with E-state index in [1.54, 1.807) is 55.5 Å². The zero-order chi connectivity index (χ0) is 21.8. The van der Waals surface area contributed by atoms with E-state index in [1.165, 1.54) is 11.0 Å². The molecule has 0 aliphatic heterocycles. The summed E-state index contributed by atoms with van der Waals surface area (Å²) in [4.78, 5) is 37.7. The molecule has 2 rings (SSSR count). The average Bonchev–Trinajstić information content (AvgIpc) is 2.76. The van der Waals surface area contributed by atoms with Crippen LogP contribution in [0, 0.1) is 0 Å². The van der Waals surface area contributed by atoms with Crippen molar-refractivity contribution in [3.63, 3.8) is 0 Å². The van der Waals surface area contributed by atoms with Crippen molar-refractivity contribution in [3.05, 3.63) is 66.2 Å². The minimum absolute atomic E-state index is 0.207. The van der Waals surface area contributed by atoms with Gasteiger partial charge in [0.25, 0.3) is 5.91 Å². The lowest BCUT2D eigenvalue weighted by Crippen LogP contribution is -2.39. The van der Waals surface area contributed by atoms with Gasteiger partial charge in [-0.2, -0.15) is 0 Å². The molecule has 0 aromatic heterocycles. The summed E-state index contributed by atoms with van der Waals surface area (Å²) >= 11 is 0. The number of nitrogens with zero attached hydrogens (tertiary/aromatic N) is 1. The fraction of sp³-hybridized carbons (Fsp3) is 0.261. The van der Waals surface area contributed by atoms with Gasteiger partial charge >= 0.3 is 11.9 Å². The first-order valence-corrected chi connectivity index (χ1v) is 9.62. The average molecular weight is 411 g/mol. The lowest BCUT2D eigenvalue weighted by atomic mass is 10.2. The van der Waals surface area contributed by atoms with E-state index in [2.05, 4.69) is 0 Å². The maximum Gasteiger partial charge on any atom is 0.331 e. The third-order valence-corrected chi connectivity index (χ3v) is 3.92. The number of hydrogen-bond donors (Lipinski definition) is 0. The summed E-state index contributed by atoms with van der Waals surface area (Å²) in [5, 5.41) is 0. The normalized spacial score (nSPS) is 10.5. The molecule has 7 heteroatoms. The van der Waals surface area contributed by atoms with Crippen LogP contribution in [0.4, 0.5) is 5.69 Å². The number of hydrogen-bond acceptors (Lipinski definition) is 6. The van der Waals surface area contributed by atoms with Gasteiger partial charge in [-0.25, -0.2) is 4.79 Å². The molecule has 0 aliphatic carbocycles. The molecule has 158 valence electrons. The molecule has 0 unspecified atom stereocenters. The number of carbonyl (C=O) groups is 3. The fourth-order valence-corrected chi connectivity index (χ4v) is 2.59. The van der Waals surface area contributed by atoms with Gasteiger partial charge in [0, 0.05) is 17.3 Å². The van der Waals surface area contributed by atoms with Gasteiger partial charge in [0.05, 0.1) is 13.2 Å². The van der Waals surface area contributed by atoms with E-state index in [0.29, 0.717) is 18.0 Å². The number of benzene rings is 2. The van der Waals surface area contributed by atoms with Gasteiger partial charge in [-0.05, 0) is 38.1 Å². The lowest BCUT2D eigenvalue weighted by Gasteiger charge is -2.21. The molecule has 0 atom stereocenters. The van der Waals surface area contributed by atoms with E-state index in [-0.39, 0.29) is 13.2 Å². The maximum absolute atomic E-state index is 12.6. The van der Waals surface area contributed by atoms with Gasteiger partial charge in [0.15, 0.2) is 6.61 Å². The lowest BCUT2D eigenvalue weighted by molar-refractivity contribution is -0.144. The Kier molecular flexibility index (Phi) is 9.12. The minimum Gasteiger partial charge on any atom is -0.493 e. The maximum atomic E-state index is 12.6. The number of esters is 2. The Labute approximate surface area is 175 Å². The van der Waals surface area contributed by atoms with Crippen molar-refractivity contribution >= 4 is 29.6 Å². The van der Waals surface area contributed by atoms with Crippen LogP contribution in [0.25, 0.3) is 6.08 Å². The first-order valence-electron chi connectivity index (χ1n) is 9.62. The topological polar surface area (TPSA) is 82.1 Å². The Morgan fingerprint density at radius 2 is 1.60 bits per heavy atom. The van der Waals surface area contributed by atoms with E-state index in [9.17, 15) is 14.4 Å². The van der Waals surface area contributed by atoms with Crippen molar-refractivity contribution in [1.82, 2.24) is 0 Å². The van der Waals surface area contributed by atoms with Crippen LogP contribution < -0.4 is 9.64 Å². The molecular formula is C23H25NO6. The van der Waals surface area contributed by atoms with Crippen molar-refractivity contribution in [1.29, 1.82) is 0 Å². The van der Waals surface area contributed by atoms with Gasteiger partial charge in [-0.1, -0.05) is 36.4 Å². The van der Waals surface area contributed by atoms with Crippen LogP contribution in [0.3, 0.4) is 0 Å². The van der Waals surface area contributed by atoms with Gasteiger partial charge in [0.2, 0.25) is 0 Å². The van der Waals surface area contributed by atoms with Gasteiger partial charge in [-0.3, -0.25) is 14.5 Å². The van der Waals surface area contributed by atoms with Crippen LogP contribution in [0.2, 0.25) is 0 Å². The second-order valence-corrected chi connectivity index (χ2v) is 6.03. The Morgan fingerprint density at radius 1 is 0.900 bits per heavy atom. The smallest absolute Gasteiger partial charge is 0.331 e. The molecule has 2 aromatic carbocycles. The standard InChI is InChI=1S/C23H25NO6/c1-3-28-20-13-9-8-10-18(20)14-15-22(26)30-17-21(25)24(16-23(27)29-4-2)19-11-6-5-7-12-19/h5-15H,3-4,16-17H2,1-2H3/b15-14+. The molecule has 0 radical (unpaired) electrons. The number of para-hydroxylation sites is 2. The van der Waals surface area contributed by atoms with Crippen molar-refractivity contribution in [2.45, 2.75) is 13.8 Å². The summed E-state index contributed by atoms with van der Waals surface area (Å²) in [5.41, 5.74) is 1.23. The third-order valence-electron chi connectivity index (χ3n) is 3.92. The van der Waals surface area contributed by atoms with E-state index >= 15 is 0 Å². The van der Waals surface area contributed by atoms with Crippen molar-refractivity contribution in [2.24, 2.45) is 0 Å². The Morgan fingerprint density at radius 3 is 2.30 bits per heavy atom. The molecule has 0 saturated heterocycles. The monoisotopic (exact) mass is 411 g/mol. The number of anilines is 1. The fourth-order valence-electron chi connectivity index (χ4n) is 2.59. The van der Waals surface area contributed by atoms with Crippen LogP contribution in [0.15, 0.2) is 60.7 Å². The van der Waals surface area contributed by atoms with E-state index in [1.807, 2.05) is 19.1 Å². The molecule has 7 nitrogen and oxygen atoms in total. The highest BCUT2D eigenvalue weighted by Crippen LogP contribution is 2.19. The molecule has 0 bridgehead atoms. The predicted molar refractivity (Wildman–Crippen MR) is 113 cm³/mol. The largest absolute Gasteiger partial charge is 0.493 e. The van der Waals surface area contributed by atoms with Crippen molar-refractivity contribution < 1.29 is 28.6 Å². The molecular weight excluding hydrogens is 386 g/mol. The highest BCUT2D eigenvalue weighted by molar-refractivity contribution is 5.99. The number of carbonyl (C=O) groups excluding carboxylic acids is 3. The minimum atomic E-state index is -0.682. The summed E-state index contributed by atoms with van der Waals surface area (Å²) in [6.45, 7) is 3.48. The highest BCUT2D eigenvalue weighted by Gasteiger charge is 2.20. The predicted octanol–water partition coefficient (Wildman–Crippen LogP) is 3.24. The second-order valence-electron chi connectivity index (χ2n) is 6.03. The van der Waals surface area contributed by atoms with Crippen LogP contribution in [-0.2, 0) is 23.9 Å². The van der Waals surface area contributed by atoms with Gasteiger partial charge in [0.1, 0.15) is 12.3 Å². The molecule has 0 aliphatic rings. The molecule has 0 heterocycles. The Hall–Kier alpha value is -3.61. The number of rotatable bonds is 10. The molecule has 0 N–H and O–H groups in total. The summed E-state index contributed by atoms with van der Waals surface area (Å²) in [6, 6.07) is 15.9. The Bertz CT molecular complexity index is 878. The summed E-state index contributed by atoms with van der Waals surface area (Å²) in [5.74, 6) is -1.12. The summed E-state index contributed by atoms with van der Waals surface area (Å²) < 4.78 is 15.5. The molecule has 0 spiro atoms. The Balaban J connectivity index is 2.00. The number of amides is 1. The van der Waals surface area contributed by atoms with E-state index in [4.69, 9.17) is 14.2 Å². The molecule has 0 fully saturated rings. The van der Waals surface area contributed by atoms with E-state index < -0.39 is 24.5 Å². The van der Waals surface area contributed by atoms with Crippen molar-refractivity contribution in [2.75, 3.05) is 31.3 Å². The van der Waals surface area contributed by atoms with E-state index in [0.717, 1.165) is 5.56 Å². The van der Waals surface area contributed by atoms with Gasteiger partial charge < -0.3 is 14.2 Å².